The molecule has 8 nitrogen and oxygen atoms in total. The highest BCUT2D eigenvalue weighted by molar-refractivity contribution is 9.10. The summed E-state index contributed by atoms with van der Waals surface area (Å²) in [7, 11) is 1.31. The third kappa shape index (κ3) is 4.70. The molecule has 3 aromatic rings. The number of carbonyl (C=O) groups is 2. The number of hydrogen-bond acceptors (Lipinski definition) is 6. The zero-order valence-corrected chi connectivity index (χ0v) is 20.2. The number of methoxy groups -OCH3 is 1. The first kappa shape index (κ1) is 23.6. The molecular formula is C25H22BrN3O5. The number of anilines is 1. The molecule has 1 heterocycles. The summed E-state index contributed by atoms with van der Waals surface area (Å²) >= 11 is 3.28. The van der Waals surface area contributed by atoms with Gasteiger partial charge in [0.05, 0.1) is 24.1 Å². The first-order chi connectivity index (χ1) is 16.3. The number of halogens is 1. The van der Waals surface area contributed by atoms with Gasteiger partial charge < -0.3 is 4.74 Å². The van der Waals surface area contributed by atoms with Crippen LogP contribution in [0.5, 0.6) is 0 Å². The highest BCUT2D eigenvalue weighted by Crippen LogP contribution is 2.39. The van der Waals surface area contributed by atoms with E-state index in [0.717, 1.165) is 18.4 Å². The normalized spacial score (nSPS) is 12.8. The van der Waals surface area contributed by atoms with Gasteiger partial charge in [0.1, 0.15) is 0 Å². The van der Waals surface area contributed by atoms with E-state index >= 15 is 0 Å². The van der Waals surface area contributed by atoms with Crippen LogP contribution in [0.1, 0.15) is 34.3 Å². The Balaban J connectivity index is 1.79. The van der Waals surface area contributed by atoms with Crippen LogP contribution in [0.3, 0.4) is 0 Å². The largest absolute Gasteiger partial charge is 0.465 e. The molecule has 9 heteroatoms. The number of esters is 1. The third-order valence-corrected chi connectivity index (χ3v) is 6.57. The van der Waals surface area contributed by atoms with Crippen molar-refractivity contribution in [3.8, 4) is 11.1 Å². The molecule has 0 radical (unpaired) electrons. The van der Waals surface area contributed by atoms with Gasteiger partial charge in [0.25, 0.3) is 0 Å². The van der Waals surface area contributed by atoms with Crippen molar-refractivity contribution in [2.45, 2.75) is 26.3 Å². The number of pyridine rings is 1. The van der Waals surface area contributed by atoms with Gasteiger partial charge in [-0.1, -0.05) is 42.5 Å². The van der Waals surface area contributed by atoms with E-state index in [9.17, 15) is 19.7 Å². The van der Waals surface area contributed by atoms with Gasteiger partial charge in [-0.15, -0.1) is 0 Å². The van der Waals surface area contributed by atoms with Crippen LogP contribution in [0.2, 0.25) is 0 Å². The lowest BCUT2D eigenvalue weighted by Gasteiger charge is -2.23. The Morgan fingerprint density at radius 2 is 1.91 bits per heavy atom. The summed E-state index contributed by atoms with van der Waals surface area (Å²) in [5, 5.41) is 11.9. The van der Waals surface area contributed by atoms with Crippen LogP contribution in [0, 0.1) is 23.0 Å². The molecule has 1 aromatic heterocycles. The Morgan fingerprint density at radius 1 is 1.21 bits per heavy atom. The molecule has 34 heavy (non-hydrogen) atoms. The second-order valence-corrected chi connectivity index (χ2v) is 8.95. The summed E-state index contributed by atoms with van der Waals surface area (Å²) in [6.45, 7) is 1.64. The molecule has 0 aliphatic heterocycles. The zero-order valence-electron chi connectivity index (χ0n) is 18.7. The molecule has 1 aliphatic rings. The van der Waals surface area contributed by atoms with Crippen LogP contribution >= 0.6 is 15.9 Å². The van der Waals surface area contributed by atoms with Crippen LogP contribution in [-0.4, -0.2) is 28.9 Å². The van der Waals surface area contributed by atoms with Crippen LogP contribution in [0.15, 0.2) is 59.2 Å². The molecule has 174 valence electrons. The Hall–Kier alpha value is -3.59. The van der Waals surface area contributed by atoms with Crippen molar-refractivity contribution in [1.82, 2.24) is 4.98 Å². The monoisotopic (exact) mass is 523 g/mol. The Bertz CT molecular complexity index is 1280. The summed E-state index contributed by atoms with van der Waals surface area (Å²) in [5.41, 5.74) is 2.68. The average molecular weight is 524 g/mol. The van der Waals surface area contributed by atoms with Gasteiger partial charge in [-0.25, -0.2) is 9.78 Å². The standard InChI is InChI=1S/C25H22BrN3O5/c1-15-21(26)13-27-23(22(15)29(32)33)28(24(30)18-9-10-18)14-16-8-11-19(17-6-4-3-5-7-17)20(12-16)25(31)34-2/h3-8,11-13,18H,9-10,14H2,1-2H3. The first-order valence-corrected chi connectivity index (χ1v) is 11.5. The fraction of sp³-hybridized carbons (Fsp3) is 0.240. The van der Waals surface area contributed by atoms with Crippen molar-refractivity contribution >= 4 is 39.3 Å². The number of amides is 1. The first-order valence-electron chi connectivity index (χ1n) is 10.7. The number of hydrogen-bond donors (Lipinski definition) is 0. The van der Waals surface area contributed by atoms with E-state index in [1.807, 2.05) is 30.3 Å². The molecule has 1 amide bonds. The summed E-state index contributed by atoms with van der Waals surface area (Å²) < 4.78 is 5.48. The summed E-state index contributed by atoms with van der Waals surface area (Å²) in [5.74, 6) is -0.920. The van der Waals surface area contributed by atoms with E-state index in [1.54, 1.807) is 25.1 Å². The smallest absolute Gasteiger partial charge is 0.338 e. The van der Waals surface area contributed by atoms with Crippen LogP contribution in [0.25, 0.3) is 11.1 Å². The number of carbonyl (C=O) groups excluding carboxylic acids is 2. The van der Waals surface area contributed by atoms with Gasteiger partial charge in [0.2, 0.25) is 11.7 Å². The summed E-state index contributed by atoms with van der Waals surface area (Å²) in [6, 6.07) is 14.7. The van der Waals surface area contributed by atoms with E-state index in [4.69, 9.17) is 4.74 Å². The van der Waals surface area contributed by atoms with Crippen molar-refractivity contribution in [3.63, 3.8) is 0 Å². The fourth-order valence-electron chi connectivity index (χ4n) is 3.80. The van der Waals surface area contributed by atoms with Crippen LogP contribution < -0.4 is 4.90 Å². The lowest BCUT2D eigenvalue weighted by Crippen LogP contribution is -2.33. The third-order valence-electron chi connectivity index (χ3n) is 5.77. The fourth-order valence-corrected chi connectivity index (χ4v) is 4.09. The minimum atomic E-state index is -0.520. The van der Waals surface area contributed by atoms with E-state index in [0.29, 0.717) is 26.7 Å². The number of nitro groups is 1. The number of benzene rings is 2. The minimum Gasteiger partial charge on any atom is -0.465 e. The van der Waals surface area contributed by atoms with Crippen molar-refractivity contribution in [1.29, 1.82) is 0 Å². The summed E-state index contributed by atoms with van der Waals surface area (Å²) in [6.07, 6.45) is 2.93. The molecule has 0 N–H and O–H groups in total. The number of rotatable bonds is 7. The lowest BCUT2D eigenvalue weighted by molar-refractivity contribution is -0.384. The topological polar surface area (TPSA) is 103 Å². The Morgan fingerprint density at radius 3 is 2.53 bits per heavy atom. The average Bonchev–Trinajstić information content (AvgIpc) is 3.69. The van der Waals surface area contributed by atoms with Gasteiger partial charge in [-0.05, 0) is 58.5 Å². The molecule has 2 aromatic carbocycles. The Kier molecular flexibility index (Phi) is 6.74. The van der Waals surface area contributed by atoms with Gasteiger partial charge in [-0.2, -0.15) is 0 Å². The predicted molar refractivity (Wildman–Crippen MR) is 130 cm³/mol. The van der Waals surface area contributed by atoms with Crippen molar-refractivity contribution in [2.75, 3.05) is 12.0 Å². The highest BCUT2D eigenvalue weighted by atomic mass is 79.9. The quantitative estimate of drug-likeness (QED) is 0.231. The number of nitrogens with zero attached hydrogens (tertiary/aromatic N) is 3. The molecular weight excluding hydrogens is 502 g/mol. The second-order valence-electron chi connectivity index (χ2n) is 8.10. The second kappa shape index (κ2) is 9.72. The van der Waals surface area contributed by atoms with Crippen molar-refractivity contribution in [3.05, 3.63) is 86.0 Å². The Labute approximate surface area is 204 Å². The molecule has 1 saturated carbocycles. The molecule has 0 atom stereocenters. The number of ether oxygens (including phenoxy) is 1. The lowest BCUT2D eigenvalue weighted by atomic mass is 9.97. The maximum atomic E-state index is 13.2. The molecule has 1 fully saturated rings. The van der Waals surface area contributed by atoms with Gasteiger partial charge >= 0.3 is 11.7 Å². The minimum absolute atomic E-state index is 0.00523. The van der Waals surface area contributed by atoms with E-state index < -0.39 is 10.9 Å². The maximum absolute atomic E-state index is 13.2. The highest BCUT2D eigenvalue weighted by Gasteiger charge is 2.38. The molecule has 1 aliphatic carbocycles. The van der Waals surface area contributed by atoms with Crippen molar-refractivity contribution in [2.24, 2.45) is 5.92 Å². The summed E-state index contributed by atoms with van der Waals surface area (Å²) in [4.78, 5) is 42.8. The SMILES string of the molecule is COC(=O)c1cc(CN(C(=O)C2CC2)c2ncc(Br)c(C)c2[N+](=O)[O-])ccc1-c1ccccc1. The maximum Gasteiger partial charge on any atom is 0.338 e. The molecule has 0 unspecified atom stereocenters. The molecule has 4 rings (SSSR count). The number of aromatic nitrogens is 1. The van der Waals surface area contributed by atoms with E-state index in [2.05, 4.69) is 20.9 Å². The van der Waals surface area contributed by atoms with Crippen LogP contribution in [0.4, 0.5) is 11.5 Å². The van der Waals surface area contributed by atoms with Gasteiger partial charge in [0.15, 0.2) is 0 Å². The molecule has 0 spiro atoms. The predicted octanol–water partition coefficient (Wildman–Crippen LogP) is 5.46. The molecule has 0 bridgehead atoms. The molecule has 0 saturated heterocycles. The zero-order chi connectivity index (χ0) is 24.4. The van der Waals surface area contributed by atoms with E-state index in [1.165, 1.54) is 18.2 Å². The van der Waals surface area contributed by atoms with E-state index in [-0.39, 0.29) is 29.9 Å². The van der Waals surface area contributed by atoms with Crippen molar-refractivity contribution < 1.29 is 19.2 Å². The van der Waals surface area contributed by atoms with Gasteiger partial charge in [0, 0.05) is 22.2 Å². The van der Waals surface area contributed by atoms with Gasteiger partial charge in [-0.3, -0.25) is 19.8 Å². The van der Waals surface area contributed by atoms with Crippen LogP contribution in [-0.2, 0) is 16.1 Å².